The van der Waals surface area contributed by atoms with Gasteiger partial charge in [-0.2, -0.15) is 23.4 Å². The van der Waals surface area contributed by atoms with Gasteiger partial charge in [-0.05, 0) is 73.6 Å². The lowest BCUT2D eigenvalue weighted by atomic mass is 9.68. The first-order valence-corrected chi connectivity index (χ1v) is 11.1. The third-order valence-corrected chi connectivity index (χ3v) is 6.67. The van der Waals surface area contributed by atoms with Crippen LogP contribution in [-0.2, 0) is 22.8 Å². The Labute approximate surface area is 195 Å². The maximum absolute atomic E-state index is 12.8. The molecule has 2 aromatic heterocycles. The minimum atomic E-state index is -4.39. The van der Waals surface area contributed by atoms with E-state index in [0.717, 1.165) is 41.8 Å². The smallest absolute Gasteiger partial charge is 0.369 e. The Balaban J connectivity index is 1.51. The third-order valence-electron chi connectivity index (χ3n) is 6.67. The summed E-state index contributed by atoms with van der Waals surface area (Å²) in [5, 5.41) is 8.08. The largest absolute Gasteiger partial charge is 0.417 e. The molecule has 1 amide bonds. The van der Waals surface area contributed by atoms with Gasteiger partial charge in [0, 0.05) is 24.5 Å². The molecule has 1 fully saturated rings. The molecular formula is C26H25F3N4O. The summed E-state index contributed by atoms with van der Waals surface area (Å²) in [7, 11) is 0. The molecule has 8 heteroatoms. The maximum Gasteiger partial charge on any atom is 0.417 e. The molecule has 4 rings (SSSR count). The number of primary amides is 1. The molecule has 176 valence electrons. The molecule has 1 saturated carbocycles. The maximum atomic E-state index is 12.8. The number of rotatable bonds is 5. The van der Waals surface area contributed by atoms with Crippen molar-refractivity contribution in [2.24, 2.45) is 5.73 Å². The van der Waals surface area contributed by atoms with Crippen molar-refractivity contribution < 1.29 is 18.0 Å². The number of benzene rings is 1. The number of carbonyl (C=O) groups excluding carboxylic acids is 1. The van der Waals surface area contributed by atoms with Gasteiger partial charge < -0.3 is 5.73 Å². The summed E-state index contributed by atoms with van der Waals surface area (Å²) in [4.78, 5) is 16.4. The van der Waals surface area contributed by atoms with Gasteiger partial charge in [0.05, 0.1) is 16.7 Å². The molecule has 5 nitrogen and oxygen atoms in total. The van der Waals surface area contributed by atoms with E-state index in [1.165, 1.54) is 11.6 Å². The van der Waals surface area contributed by atoms with Crippen molar-refractivity contribution in [1.29, 1.82) is 0 Å². The number of allylic oxidation sites excluding steroid dienone is 2. The second-order valence-corrected chi connectivity index (χ2v) is 8.70. The fourth-order valence-electron chi connectivity index (χ4n) is 4.56. The van der Waals surface area contributed by atoms with E-state index in [2.05, 4.69) is 22.1 Å². The number of amides is 1. The zero-order chi connectivity index (χ0) is 24.3. The van der Waals surface area contributed by atoms with E-state index in [9.17, 15) is 18.0 Å². The molecule has 0 spiro atoms. The number of pyridine rings is 1. The van der Waals surface area contributed by atoms with Crippen LogP contribution in [0, 0.1) is 0 Å². The number of hydrogen-bond donors (Lipinski definition) is 1. The Kier molecular flexibility index (Phi) is 6.50. The van der Waals surface area contributed by atoms with Crippen LogP contribution in [0.4, 0.5) is 13.2 Å². The lowest BCUT2D eigenvalue weighted by Gasteiger charge is -2.35. The van der Waals surface area contributed by atoms with E-state index >= 15 is 0 Å². The van der Waals surface area contributed by atoms with Crippen molar-refractivity contribution in [3.05, 3.63) is 94.6 Å². The van der Waals surface area contributed by atoms with E-state index in [-0.39, 0.29) is 5.91 Å². The van der Waals surface area contributed by atoms with Crippen molar-refractivity contribution in [3.8, 4) is 0 Å². The van der Waals surface area contributed by atoms with Crippen LogP contribution in [0.5, 0.6) is 0 Å². The molecule has 0 saturated heterocycles. The molecule has 1 aromatic carbocycles. The van der Waals surface area contributed by atoms with Gasteiger partial charge in [0.15, 0.2) is 0 Å². The predicted octanol–water partition coefficient (Wildman–Crippen LogP) is 5.25. The number of nitrogens with zero attached hydrogens (tertiary/aromatic N) is 3. The second kappa shape index (κ2) is 9.37. The van der Waals surface area contributed by atoms with Crippen LogP contribution < -0.4 is 5.73 Å². The average molecular weight is 467 g/mol. The van der Waals surface area contributed by atoms with Crippen molar-refractivity contribution in [2.45, 2.75) is 50.6 Å². The van der Waals surface area contributed by atoms with Crippen LogP contribution in [0.1, 0.15) is 60.7 Å². The highest BCUT2D eigenvalue weighted by atomic mass is 19.4. The number of aromatic nitrogens is 3. The molecule has 0 bridgehead atoms. The SMILES string of the molecule is CC(=C1CCC(C(N)=O)(c2cccnn2)CC1)c1cccc(Cc2ccc(C(F)(F)F)cn2)c1. The van der Waals surface area contributed by atoms with Gasteiger partial charge in [-0.25, -0.2) is 0 Å². The van der Waals surface area contributed by atoms with Crippen LogP contribution in [0.2, 0.25) is 0 Å². The number of nitrogens with two attached hydrogens (primary N) is 1. The Morgan fingerprint density at radius 1 is 1.09 bits per heavy atom. The summed E-state index contributed by atoms with van der Waals surface area (Å²) < 4.78 is 38.3. The number of hydrogen-bond acceptors (Lipinski definition) is 4. The molecule has 0 aliphatic heterocycles. The van der Waals surface area contributed by atoms with Crippen LogP contribution >= 0.6 is 0 Å². The topological polar surface area (TPSA) is 81.8 Å². The first kappa shape index (κ1) is 23.6. The summed E-state index contributed by atoms with van der Waals surface area (Å²) in [6.07, 6.45) is 1.07. The van der Waals surface area contributed by atoms with E-state index in [1.807, 2.05) is 24.3 Å². The van der Waals surface area contributed by atoms with Crippen LogP contribution in [0.15, 0.2) is 66.5 Å². The minimum Gasteiger partial charge on any atom is -0.369 e. The number of carbonyl (C=O) groups is 1. The van der Waals surface area contributed by atoms with E-state index in [0.29, 0.717) is 30.7 Å². The first-order chi connectivity index (χ1) is 16.2. The molecule has 0 unspecified atom stereocenters. The lowest BCUT2D eigenvalue weighted by molar-refractivity contribution is -0.137. The highest BCUT2D eigenvalue weighted by molar-refractivity contribution is 5.86. The molecule has 3 aromatic rings. The van der Waals surface area contributed by atoms with Gasteiger partial charge in [-0.1, -0.05) is 29.8 Å². The normalized spacial score (nSPS) is 18.5. The Bertz CT molecular complexity index is 1190. The molecule has 0 radical (unpaired) electrons. The lowest BCUT2D eigenvalue weighted by Crippen LogP contribution is -2.44. The number of alkyl halides is 3. The molecule has 0 atom stereocenters. The second-order valence-electron chi connectivity index (χ2n) is 8.70. The zero-order valence-corrected chi connectivity index (χ0v) is 18.8. The first-order valence-electron chi connectivity index (χ1n) is 11.1. The molecule has 1 aliphatic carbocycles. The van der Waals surface area contributed by atoms with Crippen molar-refractivity contribution in [2.75, 3.05) is 0 Å². The van der Waals surface area contributed by atoms with Gasteiger partial charge in [-0.15, -0.1) is 0 Å². The van der Waals surface area contributed by atoms with E-state index < -0.39 is 17.2 Å². The highest BCUT2D eigenvalue weighted by Crippen LogP contribution is 2.42. The summed E-state index contributed by atoms with van der Waals surface area (Å²) in [5.74, 6) is -0.379. The average Bonchev–Trinajstić information content (AvgIpc) is 2.84. The Morgan fingerprint density at radius 3 is 2.44 bits per heavy atom. The monoisotopic (exact) mass is 466 g/mol. The summed E-state index contributed by atoms with van der Waals surface area (Å²) >= 11 is 0. The predicted molar refractivity (Wildman–Crippen MR) is 122 cm³/mol. The fraction of sp³-hybridized carbons (Fsp3) is 0.308. The Hall–Kier alpha value is -3.55. The summed E-state index contributed by atoms with van der Waals surface area (Å²) in [6.45, 7) is 2.06. The van der Waals surface area contributed by atoms with Gasteiger partial charge in [0.25, 0.3) is 0 Å². The summed E-state index contributed by atoms with van der Waals surface area (Å²) in [6, 6.07) is 14.0. The molecule has 34 heavy (non-hydrogen) atoms. The summed E-state index contributed by atoms with van der Waals surface area (Å²) in [5.41, 5.74) is 9.83. The van der Waals surface area contributed by atoms with Gasteiger partial charge >= 0.3 is 6.18 Å². The van der Waals surface area contributed by atoms with Crippen LogP contribution in [-0.4, -0.2) is 21.1 Å². The minimum absolute atomic E-state index is 0.379. The third kappa shape index (κ3) is 4.85. The van der Waals surface area contributed by atoms with Gasteiger partial charge in [0.1, 0.15) is 0 Å². The molecule has 2 heterocycles. The van der Waals surface area contributed by atoms with E-state index in [4.69, 9.17) is 5.73 Å². The quantitative estimate of drug-likeness (QED) is 0.557. The highest BCUT2D eigenvalue weighted by Gasteiger charge is 2.42. The van der Waals surface area contributed by atoms with Gasteiger partial charge in [-0.3, -0.25) is 9.78 Å². The van der Waals surface area contributed by atoms with Crippen LogP contribution in [0.25, 0.3) is 5.57 Å². The standard InChI is InChI=1S/C26H25F3N4O/c1-17(19-9-11-25(12-10-19,24(30)34)23-6-3-13-32-33-23)20-5-2-4-18(14-20)15-22-8-7-21(16-31-22)26(27,28)29/h2-8,13-14,16H,9-12,15H2,1H3,(H2,30,34). The van der Waals surface area contributed by atoms with Crippen molar-refractivity contribution >= 4 is 11.5 Å². The van der Waals surface area contributed by atoms with E-state index in [1.54, 1.807) is 18.3 Å². The number of halogens is 3. The molecule has 2 N–H and O–H groups in total. The van der Waals surface area contributed by atoms with Crippen LogP contribution in [0.3, 0.4) is 0 Å². The van der Waals surface area contributed by atoms with Gasteiger partial charge in [0.2, 0.25) is 5.91 Å². The zero-order valence-electron chi connectivity index (χ0n) is 18.8. The molecule has 1 aliphatic rings. The van der Waals surface area contributed by atoms with Crippen molar-refractivity contribution in [3.63, 3.8) is 0 Å². The fourth-order valence-corrected chi connectivity index (χ4v) is 4.56. The molecular weight excluding hydrogens is 441 g/mol. The Morgan fingerprint density at radius 2 is 1.85 bits per heavy atom. The van der Waals surface area contributed by atoms with Crippen molar-refractivity contribution in [1.82, 2.24) is 15.2 Å².